The van der Waals surface area contributed by atoms with Gasteiger partial charge < -0.3 is 19.5 Å². The molecule has 0 aromatic rings. The molecule has 2 unspecified atom stereocenters. The van der Waals surface area contributed by atoms with Gasteiger partial charge in [0.15, 0.2) is 0 Å². The van der Waals surface area contributed by atoms with Crippen LogP contribution in [0.25, 0.3) is 0 Å². The van der Waals surface area contributed by atoms with Gasteiger partial charge in [-0.2, -0.15) is 0 Å². The number of piperidine rings is 1. The van der Waals surface area contributed by atoms with Crippen LogP contribution in [0.1, 0.15) is 25.7 Å². The molecule has 98 valence electrons. The van der Waals surface area contributed by atoms with E-state index in [1.54, 1.807) is 7.11 Å². The number of fused-ring (bicyclic) bond motifs is 2. The molecule has 2 atom stereocenters. The van der Waals surface area contributed by atoms with Crippen molar-refractivity contribution in [3.63, 3.8) is 0 Å². The number of rotatable bonds is 5. The minimum atomic E-state index is -0.231. The highest BCUT2D eigenvalue weighted by molar-refractivity contribution is 5.78. The zero-order valence-corrected chi connectivity index (χ0v) is 10.3. The van der Waals surface area contributed by atoms with Crippen LogP contribution in [-0.2, 0) is 14.3 Å². The molecule has 2 aliphatic rings. The van der Waals surface area contributed by atoms with Crippen molar-refractivity contribution < 1.29 is 19.4 Å². The number of aliphatic hydroxyl groups excluding tert-OH is 1. The van der Waals surface area contributed by atoms with Gasteiger partial charge in [0.1, 0.15) is 6.61 Å². The van der Waals surface area contributed by atoms with Gasteiger partial charge in [-0.3, -0.25) is 4.79 Å². The Labute approximate surface area is 102 Å². The normalized spacial score (nSPS) is 31.9. The van der Waals surface area contributed by atoms with E-state index in [9.17, 15) is 9.90 Å². The van der Waals surface area contributed by atoms with Gasteiger partial charge in [-0.1, -0.05) is 0 Å². The maximum absolute atomic E-state index is 12.0. The maximum Gasteiger partial charge on any atom is 0.249 e. The van der Waals surface area contributed by atoms with E-state index >= 15 is 0 Å². The van der Waals surface area contributed by atoms with Gasteiger partial charge in [-0.05, 0) is 25.7 Å². The Kier molecular flexibility index (Phi) is 4.36. The lowest BCUT2D eigenvalue weighted by atomic mass is 10.00. The van der Waals surface area contributed by atoms with E-state index in [1.807, 2.05) is 4.90 Å². The van der Waals surface area contributed by atoms with Gasteiger partial charge >= 0.3 is 0 Å². The monoisotopic (exact) mass is 243 g/mol. The molecule has 0 radical (unpaired) electrons. The minimum absolute atomic E-state index is 0.0560. The third-order valence-corrected chi connectivity index (χ3v) is 3.65. The largest absolute Gasteiger partial charge is 0.393 e. The molecule has 0 aromatic heterocycles. The van der Waals surface area contributed by atoms with Crippen LogP contribution in [0, 0.1) is 0 Å². The fraction of sp³-hybridized carbons (Fsp3) is 0.917. The molecule has 1 amide bonds. The number of carbonyl (C=O) groups is 1. The standard InChI is InChI=1S/C12H21NO4/c1-16-4-5-17-8-12(15)13-9-2-3-10(13)7-11(14)6-9/h9-11,14H,2-8H2,1H3. The number of amides is 1. The Balaban J connectivity index is 1.80. The third-order valence-electron chi connectivity index (χ3n) is 3.65. The Morgan fingerprint density at radius 1 is 1.29 bits per heavy atom. The van der Waals surface area contributed by atoms with Crippen molar-refractivity contribution in [2.45, 2.75) is 43.9 Å². The van der Waals surface area contributed by atoms with Crippen molar-refractivity contribution in [1.29, 1.82) is 0 Å². The first-order valence-electron chi connectivity index (χ1n) is 6.28. The van der Waals surface area contributed by atoms with Crippen LogP contribution >= 0.6 is 0 Å². The summed E-state index contributed by atoms with van der Waals surface area (Å²) in [5.41, 5.74) is 0. The van der Waals surface area contributed by atoms with Crippen molar-refractivity contribution in [2.75, 3.05) is 26.9 Å². The van der Waals surface area contributed by atoms with Crippen molar-refractivity contribution in [1.82, 2.24) is 4.90 Å². The average Bonchev–Trinajstić information content (AvgIpc) is 2.57. The molecule has 17 heavy (non-hydrogen) atoms. The summed E-state index contributed by atoms with van der Waals surface area (Å²) in [6.45, 7) is 1.10. The summed E-state index contributed by atoms with van der Waals surface area (Å²) in [6, 6.07) is 0.449. The number of nitrogens with zero attached hydrogens (tertiary/aromatic N) is 1. The first-order valence-corrected chi connectivity index (χ1v) is 6.28. The van der Waals surface area contributed by atoms with E-state index in [-0.39, 0.29) is 30.7 Å². The second kappa shape index (κ2) is 5.80. The van der Waals surface area contributed by atoms with Crippen LogP contribution in [0.15, 0.2) is 0 Å². The van der Waals surface area contributed by atoms with E-state index in [1.165, 1.54) is 0 Å². The number of hydrogen-bond acceptors (Lipinski definition) is 4. The zero-order chi connectivity index (χ0) is 12.3. The lowest BCUT2D eigenvalue weighted by Crippen LogP contribution is -2.49. The predicted octanol–water partition coefficient (Wildman–Crippen LogP) is 0.164. The molecule has 0 aliphatic carbocycles. The number of ether oxygens (including phenoxy) is 2. The van der Waals surface area contributed by atoms with Crippen LogP contribution in [0.2, 0.25) is 0 Å². The van der Waals surface area contributed by atoms with E-state index in [2.05, 4.69) is 0 Å². The summed E-state index contributed by atoms with van der Waals surface area (Å²) in [7, 11) is 1.61. The van der Waals surface area contributed by atoms with E-state index < -0.39 is 0 Å². The molecule has 0 saturated carbocycles. The molecule has 0 spiro atoms. The highest BCUT2D eigenvalue weighted by Crippen LogP contribution is 2.35. The minimum Gasteiger partial charge on any atom is -0.393 e. The average molecular weight is 243 g/mol. The van der Waals surface area contributed by atoms with Crippen molar-refractivity contribution in [2.24, 2.45) is 0 Å². The zero-order valence-electron chi connectivity index (χ0n) is 10.3. The first-order chi connectivity index (χ1) is 8.22. The lowest BCUT2D eigenvalue weighted by molar-refractivity contribution is -0.142. The Morgan fingerprint density at radius 2 is 1.94 bits per heavy atom. The van der Waals surface area contributed by atoms with E-state index in [0.29, 0.717) is 13.2 Å². The van der Waals surface area contributed by atoms with Gasteiger partial charge in [-0.25, -0.2) is 0 Å². The Hall–Kier alpha value is -0.650. The fourth-order valence-corrected chi connectivity index (χ4v) is 2.93. The van der Waals surface area contributed by atoms with Crippen LogP contribution in [0.4, 0.5) is 0 Å². The molecule has 5 nitrogen and oxygen atoms in total. The first kappa shape index (κ1) is 12.8. The highest BCUT2D eigenvalue weighted by atomic mass is 16.5. The summed E-state index contributed by atoms with van der Waals surface area (Å²) >= 11 is 0. The number of hydrogen-bond donors (Lipinski definition) is 1. The van der Waals surface area contributed by atoms with Crippen molar-refractivity contribution in [3.05, 3.63) is 0 Å². The number of carbonyl (C=O) groups excluding carboxylic acids is 1. The molecule has 2 aliphatic heterocycles. The molecule has 5 heteroatoms. The highest BCUT2D eigenvalue weighted by Gasteiger charge is 2.42. The maximum atomic E-state index is 12.0. The summed E-state index contributed by atoms with van der Waals surface area (Å²) in [4.78, 5) is 13.9. The smallest absolute Gasteiger partial charge is 0.249 e. The predicted molar refractivity (Wildman–Crippen MR) is 61.6 cm³/mol. The number of aliphatic hydroxyl groups is 1. The Bertz CT molecular complexity index is 257. The second-order valence-electron chi connectivity index (χ2n) is 4.86. The van der Waals surface area contributed by atoms with E-state index in [4.69, 9.17) is 9.47 Å². The van der Waals surface area contributed by atoms with Crippen molar-refractivity contribution in [3.8, 4) is 0 Å². The molecule has 0 aromatic carbocycles. The van der Waals surface area contributed by atoms with Gasteiger partial charge in [0, 0.05) is 19.2 Å². The molecule has 1 N–H and O–H groups in total. The molecule has 2 bridgehead atoms. The molecular weight excluding hydrogens is 222 g/mol. The van der Waals surface area contributed by atoms with Gasteiger partial charge in [0.05, 0.1) is 19.3 Å². The van der Waals surface area contributed by atoms with Crippen LogP contribution < -0.4 is 0 Å². The summed E-state index contributed by atoms with van der Waals surface area (Å²) in [6.07, 6.45) is 3.25. The van der Waals surface area contributed by atoms with Crippen LogP contribution in [0.5, 0.6) is 0 Å². The molecule has 2 saturated heterocycles. The van der Waals surface area contributed by atoms with E-state index in [0.717, 1.165) is 25.7 Å². The van der Waals surface area contributed by atoms with Gasteiger partial charge in [-0.15, -0.1) is 0 Å². The van der Waals surface area contributed by atoms with Crippen LogP contribution in [0.3, 0.4) is 0 Å². The van der Waals surface area contributed by atoms with Crippen molar-refractivity contribution >= 4 is 5.91 Å². The SMILES string of the molecule is COCCOCC(=O)N1C2CCC1CC(O)C2. The fourth-order valence-electron chi connectivity index (χ4n) is 2.93. The van der Waals surface area contributed by atoms with Gasteiger partial charge in [0.25, 0.3) is 0 Å². The lowest BCUT2D eigenvalue weighted by Gasteiger charge is -2.37. The summed E-state index contributed by atoms with van der Waals surface area (Å²) in [5, 5.41) is 9.65. The molecule has 2 rings (SSSR count). The third kappa shape index (κ3) is 2.97. The molecule has 2 fully saturated rings. The quantitative estimate of drug-likeness (QED) is 0.699. The topological polar surface area (TPSA) is 59.0 Å². The molecule has 2 heterocycles. The summed E-state index contributed by atoms with van der Waals surface area (Å²) in [5.74, 6) is 0.0560. The molecular formula is C12H21NO4. The summed E-state index contributed by atoms with van der Waals surface area (Å²) < 4.78 is 10.1. The second-order valence-corrected chi connectivity index (χ2v) is 4.86. The Morgan fingerprint density at radius 3 is 2.53 bits per heavy atom. The van der Waals surface area contributed by atoms with Crippen LogP contribution in [-0.4, -0.2) is 61.0 Å². The van der Waals surface area contributed by atoms with Gasteiger partial charge in [0.2, 0.25) is 5.91 Å². The number of methoxy groups -OCH3 is 1.